The summed E-state index contributed by atoms with van der Waals surface area (Å²) in [6.45, 7) is 3.50. The van der Waals surface area contributed by atoms with Crippen molar-refractivity contribution in [1.82, 2.24) is 9.55 Å². The van der Waals surface area contributed by atoms with Crippen LogP contribution in [0.25, 0.3) is 5.13 Å². The van der Waals surface area contributed by atoms with Crippen molar-refractivity contribution in [3.05, 3.63) is 64.4 Å². The summed E-state index contributed by atoms with van der Waals surface area (Å²) in [6.07, 6.45) is 3.62. The number of esters is 1. The molecule has 5 nitrogen and oxygen atoms in total. The van der Waals surface area contributed by atoms with Crippen LogP contribution < -0.4 is 0 Å². The van der Waals surface area contributed by atoms with Crippen molar-refractivity contribution in [2.45, 2.75) is 18.7 Å². The Labute approximate surface area is 160 Å². The number of ketones is 1. The van der Waals surface area contributed by atoms with Gasteiger partial charge in [-0.1, -0.05) is 12.1 Å². The van der Waals surface area contributed by atoms with Gasteiger partial charge < -0.3 is 4.74 Å². The van der Waals surface area contributed by atoms with Crippen molar-refractivity contribution >= 4 is 34.9 Å². The fourth-order valence-corrected chi connectivity index (χ4v) is 4.10. The van der Waals surface area contributed by atoms with E-state index in [1.54, 1.807) is 18.3 Å². The number of aromatic nitrogens is 2. The van der Waals surface area contributed by atoms with Crippen molar-refractivity contribution in [2.75, 3.05) is 12.9 Å². The average molecular weight is 386 g/mol. The van der Waals surface area contributed by atoms with Gasteiger partial charge in [-0.15, -0.1) is 23.1 Å². The molecule has 0 saturated carbocycles. The normalized spacial score (nSPS) is 10.7. The molecule has 26 heavy (non-hydrogen) atoms. The number of thiazole rings is 1. The average Bonchev–Trinajstić information content (AvgIpc) is 3.27. The van der Waals surface area contributed by atoms with Crippen LogP contribution in [-0.2, 0) is 4.74 Å². The molecule has 0 aliphatic rings. The zero-order valence-corrected chi connectivity index (χ0v) is 16.3. The molecular formula is C19H18N2O3S2. The van der Waals surface area contributed by atoms with Gasteiger partial charge in [-0.2, -0.15) is 0 Å². The molecule has 0 bridgehead atoms. The maximum Gasteiger partial charge on any atom is 0.339 e. The second-order valence-corrected chi connectivity index (χ2v) is 7.36. The van der Waals surface area contributed by atoms with E-state index >= 15 is 0 Å². The third-order valence-electron chi connectivity index (χ3n) is 4.00. The first-order valence-corrected chi connectivity index (χ1v) is 10.1. The lowest BCUT2D eigenvalue weighted by Gasteiger charge is -2.08. The topological polar surface area (TPSA) is 61.2 Å². The Hall–Kier alpha value is -2.38. The third kappa shape index (κ3) is 3.59. The van der Waals surface area contributed by atoms with Crippen LogP contribution in [0.3, 0.4) is 0 Å². The predicted molar refractivity (Wildman–Crippen MR) is 104 cm³/mol. The zero-order chi connectivity index (χ0) is 18.7. The van der Waals surface area contributed by atoms with Gasteiger partial charge in [-0.05, 0) is 38.3 Å². The van der Waals surface area contributed by atoms with E-state index in [-0.39, 0.29) is 12.4 Å². The van der Waals surface area contributed by atoms with Gasteiger partial charge in [0.25, 0.3) is 0 Å². The molecule has 1 aromatic carbocycles. The van der Waals surface area contributed by atoms with E-state index in [0.717, 1.165) is 21.4 Å². The molecule has 0 unspecified atom stereocenters. The summed E-state index contributed by atoms with van der Waals surface area (Å²) in [5.41, 5.74) is 2.73. The summed E-state index contributed by atoms with van der Waals surface area (Å²) in [6, 6.07) is 9.00. The van der Waals surface area contributed by atoms with Crippen LogP contribution >= 0.6 is 23.1 Å². The molecule has 0 spiro atoms. The highest BCUT2D eigenvalue weighted by molar-refractivity contribution is 7.98. The Kier molecular flexibility index (Phi) is 5.58. The third-order valence-corrected chi connectivity index (χ3v) is 5.56. The first-order valence-electron chi connectivity index (χ1n) is 7.95. The smallest absolute Gasteiger partial charge is 0.339 e. The van der Waals surface area contributed by atoms with Crippen molar-refractivity contribution < 1.29 is 14.3 Å². The van der Waals surface area contributed by atoms with E-state index in [4.69, 9.17) is 4.74 Å². The molecule has 0 aliphatic heterocycles. The zero-order valence-electron chi connectivity index (χ0n) is 14.7. The number of Topliss-reactive ketones (excluding diaryl/α,β-unsaturated/α-hetero) is 1. The lowest BCUT2D eigenvalue weighted by atomic mass is 10.1. The molecule has 0 atom stereocenters. The first-order chi connectivity index (χ1) is 12.5. The van der Waals surface area contributed by atoms with Crippen molar-refractivity contribution in [1.29, 1.82) is 0 Å². The predicted octanol–water partition coefficient (Wildman–Crippen LogP) is 4.31. The highest BCUT2D eigenvalue weighted by Crippen LogP contribution is 2.23. The highest BCUT2D eigenvalue weighted by atomic mass is 32.2. The Bertz CT molecular complexity index is 946. The van der Waals surface area contributed by atoms with Crippen molar-refractivity contribution in [3.63, 3.8) is 0 Å². The summed E-state index contributed by atoms with van der Waals surface area (Å²) in [4.78, 5) is 30.0. The van der Waals surface area contributed by atoms with Gasteiger partial charge in [0.05, 0.1) is 5.56 Å². The number of thioether (sulfide) groups is 1. The molecule has 2 aromatic heterocycles. The number of rotatable bonds is 6. The summed E-state index contributed by atoms with van der Waals surface area (Å²) in [7, 11) is 0. The number of ether oxygens (including phenoxy) is 1. The number of carbonyl (C=O) groups is 2. The number of carbonyl (C=O) groups excluding carboxylic acids is 2. The Morgan fingerprint density at radius 1 is 1.23 bits per heavy atom. The van der Waals surface area contributed by atoms with Crippen LogP contribution in [0.1, 0.15) is 32.1 Å². The summed E-state index contributed by atoms with van der Waals surface area (Å²) >= 11 is 2.97. The molecule has 0 radical (unpaired) electrons. The van der Waals surface area contributed by atoms with Crippen LogP contribution in [0.4, 0.5) is 0 Å². The van der Waals surface area contributed by atoms with Crippen LogP contribution in [0, 0.1) is 13.8 Å². The molecule has 3 aromatic rings. The van der Waals surface area contributed by atoms with Gasteiger partial charge in [0.1, 0.15) is 0 Å². The number of nitrogens with zero attached hydrogens (tertiary/aromatic N) is 2. The molecule has 134 valence electrons. The summed E-state index contributed by atoms with van der Waals surface area (Å²) in [5.74, 6) is -0.715. The molecule has 0 N–H and O–H groups in total. The second kappa shape index (κ2) is 7.88. The maximum absolute atomic E-state index is 12.6. The van der Waals surface area contributed by atoms with Gasteiger partial charge >= 0.3 is 5.97 Å². The van der Waals surface area contributed by atoms with E-state index in [2.05, 4.69) is 4.98 Å². The minimum absolute atomic E-state index is 0.226. The SMILES string of the molecule is CSc1ccccc1C(=O)OCC(=O)c1cc(C)n(-c2nccs2)c1C. The lowest BCUT2D eigenvalue weighted by Crippen LogP contribution is -2.15. The minimum atomic E-state index is -0.489. The van der Waals surface area contributed by atoms with Crippen LogP contribution in [0.2, 0.25) is 0 Å². The van der Waals surface area contributed by atoms with E-state index in [1.165, 1.54) is 23.1 Å². The van der Waals surface area contributed by atoms with Crippen LogP contribution in [0.15, 0.2) is 46.8 Å². The molecule has 3 rings (SSSR count). The van der Waals surface area contributed by atoms with Crippen LogP contribution in [-0.4, -0.2) is 34.2 Å². The van der Waals surface area contributed by atoms with Gasteiger partial charge in [-0.25, -0.2) is 9.78 Å². The Morgan fingerprint density at radius 3 is 2.69 bits per heavy atom. The number of hydrogen-bond acceptors (Lipinski definition) is 6. The van der Waals surface area contributed by atoms with Crippen molar-refractivity contribution in [3.8, 4) is 5.13 Å². The summed E-state index contributed by atoms with van der Waals surface area (Å²) in [5, 5.41) is 2.70. The van der Waals surface area contributed by atoms with Crippen molar-refractivity contribution in [2.24, 2.45) is 0 Å². The number of benzene rings is 1. The fourth-order valence-electron chi connectivity index (χ4n) is 2.77. The first kappa shape index (κ1) is 18.4. The molecule has 2 heterocycles. The molecule has 0 saturated heterocycles. The number of aryl methyl sites for hydroxylation is 1. The quantitative estimate of drug-likeness (QED) is 0.359. The van der Waals surface area contributed by atoms with Gasteiger partial charge in [0.15, 0.2) is 11.7 Å². The number of hydrogen-bond donors (Lipinski definition) is 0. The summed E-state index contributed by atoms with van der Waals surface area (Å²) < 4.78 is 7.19. The highest BCUT2D eigenvalue weighted by Gasteiger charge is 2.20. The largest absolute Gasteiger partial charge is 0.454 e. The second-order valence-electron chi connectivity index (χ2n) is 5.63. The molecular weight excluding hydrogens is 368 g/mol. The van der Waals surface area contributed by atoms with E-state index in [9.17, 15) is 9.59 Å². The lowest BCUT2D eigenvalue weighted by molar-refractivity contribution is 0.0471. The molecule has 0 amide bonds. The maximum atomic E-state index is 12.6. The van der Waals surface area contributed by atoms with Crippen LogP contribution in [0.5, 0.6) is 0 Å². The van der Waals surface area contributed by atoms with E-state index < -0.39 is 5.97 Å². The minimum Gasteiger partial charge on any atom is -0.454 e. The molecule has 0 aliphatic carbocycles. The van der Waals surface area contributed by atoms with Gasteiger partial charge in [-0.3, -0.25) is 9.36 Å². The molecule has 7 heteroatoms. The molecule has 0 fully saturated rings. The van der Waals surface area contributed by atoms with Gasteiger partial charge in [0.2, 0.25) is 5.78 Å². The Morgan fingerprint density at radius 2 is 2.00 bits per heavy atom. The standard InChI is InChI=1S/C19H18N2O3S2/c1-12-10-15(13(2)21(12)19-20-8-9-26-19)16(22)11-24-18(23)14-6-4-5-7-17(14)25-3/h4-10H,11H2,1-3H3. The van der Waals surface area contributed by atoms with E-state index in [0.29, 0.717) is 11.1 Å². The Balaban J connectivity index is 1.75. The van der Waals surface area contributed by atoms with E-state index in [1.807, 2.05) is 48.2 Å². The fraction of sp³-hybridized carbons (Fsp3) is 0.211. The monoisotopic (exact) mass is 386 g/mol. The van der Waals surface area contributed by atoms with Gasteiger partial charge in [0, 0.05) is 33.4 Å².